The van der Waals surface area contributed by atoms with E-state index in [1.54, 1.807) is 48.5 Å². The number of aliphatic carboxylic acids is 1. The van der Waals surface area contributed by atoms with Crippen LogP contribution in [0.15, 0.2) is 132 Å². The Labute approximate surface area is 281 Å². The molecule has 0 bridgehead atoms. The van der Waals surface area contributed by atoms with Gasteiger partial charge < -0.3 is 19.3 Å². The van der Waals surface area contributed by atoms with E-state index in [2.05, 4.69) is 9.47 Å². The molecule has 5 nitrogen and oxygen atoms in total. The zero-order chi connectivity index (χ0) is 35.0. The molecule has 0 aliphatic rings. The molecule has 0 saturated carbocycles. The molecule has 49 heavy (non-hydrogen) atoms. The average Bonchev–Trinajstić information content (AvgIpc) is 3.05. The first-order chi connectivity index (χ1) is 23.3. The van der Waals surface area contributed by atoms with E-state index in [9.17, 15) is 31.1 Å². The normalized spacial score (nSPS) is 11.5. The standard InChI is InChI=1S/C37H26F6O5S/c38-36(39,40)47-31-5-1-3-28(21-31)24-7-11-26(12-8-24)34(19-20-49-33-17-15-30(16-18-33)46-23-35(44)45)27-13-9-25(10-14-27)29-4-2-6-32(22-29)48-37(41,42)43/h1-19,21-22H,20,23H2,(H,44,45). The van der Waals surface area contributed by atoms with Gasteiger partial charge in [-0.3, -0.25) is 0 Å². The van der Waals surface area contributed by atoms with Crippen LogP contribution < -0.4 is 14.2 Å². The number of hydrogen-bond donors (Lipinski definition) is 1. The van der Waals surface area contributed by atoms with Crippen LogP contribution >= 0.6 is 11.8 Å². The molecule has 0 radical (unpaired) electrons. The van der Waals surface area contributed by atoms with Crippen LogP contribution in [-0.2, 0) is 4.79 Å². The summed E-state index contributed by atoms with van der Waals surface area (Å²) < 4.78 is 89.9. The second kappa shape index (κ2) is 15.2. The summed E-state index contributed by atoms with van der Waals surface area (Å²) in [7, 11) is 0. The van der Waals surface area contributed by atoms with E-state index in [-0.39, 0.29) is 11.5 Å². The SMILES string of the molecule is O=C(O)COc1ccc(SCC=C(c2ccc(-c3cccc(OC(F)(F)F)c3)cc2)c2ccc(-c3cccc(OC(F)(F)F)c3)cc2)cc1. The van der Waals surface area contributed by atoms with Gasteiger partial charge in [0.25, 0.3) is 0 Å². The lowest BCUT2D eigenvalue weighted by atomic mass is 9.94. The highest BCUT2D eigenvalue weighted by molar-refractivity contribution is 7.99. The molecule has 1 N–H and O–H groups in total. The van der Waals surface area contributed by atoms with Crippen LogP contribution in [-0.4, -0.2) is 36.2 Å². The van der Waals surface area contributed by atoms with Crippen molar-refractivity contribution in [2.24, 2.45) is 0 Å². The number of alkyl halides is 6. The predicted octanol–water partition coefficient (Wildman–Crippen LogP) is 10.5. The zero-order valence-electron chi connectivity index (χ0n) is 25.3. The molecule has 12 heteroatoms. The van der Waals surface area contributed by atoms with Gasteiger partial charge in [0.1, 0.15) is 17.2 Å². The van der Waals surface area contributed by atoms with Crippen LogP contribution in [0.1, 0.15) is 11.1 Å². The van der Waals surface area contributed by atoms with E-state index in [1.807, 2.05) is 42.5 Å². The quantitative estimate of drug-likeness (QED) is 0.103. The van der Waals surface area contributed by atoms with Crippen molar-refractivity contribution in [2.75, 3.05) is 12.4 Å². The van der Waals surface area contributed by atoms with Gasteiger partial charge in [-0.1, -0.05) is 78.9 Å². The molecule has 5 aromatic rings. The van der Waals surface area contributed by atoms with E-state index >= 15 is 0 Å². The summed E-state index contributed by atoms with van der Waals surface area (Å²) in [5.41, 5.74) is 4.89. The van der Waals surface area contributed by atoms with E-state index < -0.39 is 25.3 Å². The van der Waals surface area contributed by atoms with Gasteiger partial charge in [-0.05, 0) is 87.5 Å². The third-order valence-electron chi connectivity index (χ3n) is 6.92. The van der Waals surface area contributed by atoms with Gasteiger partial charge in [-0.2, -0.15) is 0 Å². The van der Waals surface area contributed by atoms with Crippen LogP contribution in [0, 0.1) is 0 Å². The summed E-state index contributed by atoms with van der Waals surface area (Å²) >= 11 is 1.52. The van der Waals surface area contributed by atoms with Crippen molar-refractivity contribution < 1.29 is 50.5 Å². The number of carbonyl (C=O) groups is 1. The van der Waals surface area contributed by atoms with Gasteiger partial charge in [0.05, 0.1) is 0 Å². The zero-order valence-corrected chi connectivity index (χ0v) is 26.1. The lowest BCUT2D eigenvalue weighted by Crippen LogP contribution is -2.17. The summed E-state index contributed by atoms with van der Waals surface area (Å²) in [4.78, 5) is 11.7. The first-order valence-electron chi connectivity index (χ1n) is 14.5. The Morgan fingerprint density at radius 1 is 0.612 bits per heavy atom. The van der Waals surface area contributed by atoms with Crippen molar-refractivity contribution >= 4 is 23.3 Å². The van der Waals surface area contributed by atoms with Gasteiger partial charge in [-0.15, -0.1) is 38.1 Å². The Morgan fingerprint density at radius 2 is 1.08 bits per heavy atom. The topological polar surface area (TPSA) is 65.0 Å². The molecule has 0 heterocycles. The minimum Gasteiger partial charge on any atom is -0.482 e. The van der Waals surface area contributed by atoms with E-state index in [0.29, 0.717) is 33.8 Å². The average molecular weight is 697 g/mol. The highest BCUT2D eigenvalue weighted by Gasteiger charge is 2.31. The van der Waals surface area contributed by atoms with Gasteiger partial charge in [-0.25, -0.2) is 4.79 Å². The maximum Gasteiger partial charge on any atom is 0.573 e. The molecular weight excluding hydrogens is 670 g/mol. The Hall–Kier alpha value is -5.36. The highest BCUT2D eigenvalue weighted by Crippen LogP contribution is 2.33. The first kappa shape index (κ1) is 35.0. The molecule has 0 unspecified atom stereocenters. The maximum atomic E-state index is 12.8. The predicted molar refractivity (Wildman–Crippen MR) is 174 cm³/mol. The van der Waals surface area contributed by atoms with Gasteiger partial charge >= 0.3 is 18.7 Å². The number of halogens is 6. The number of carboxylic acids is 1. The molecule has 0 saturated heterocycles. The van der Waals surface area contributed by atoms with Crippen molar-refractivity contribution in [3.8, 4) is 39.5 Å². The number of benzene rings is 5. The molecule has 0 aromatic heterocycles. The summed E-state index contributed by atoms with van der Waals surface area (Å²) in [6.45, 7) is -0.449. The van der Waals surface area contributed by atoms with E-state index in [1.165, 1.54) is 48.2 Å². The molecular formula is C37H26F6O5S. The van der Waals surface area contributed by atoms with Crippen LogP contribution in [0.5, 0.6) is 17.2 Å². The van der Waals surface area contributed by atoms with Crippen LogP contribution in [0.4, 0.5) is 26.3 Å². The Kier molecular flexibility index (Phi) is 10.9. The minimum atomic E-state index is -4.81. The molecule has 0 fully saturated rings. The fourth-order valence-electron chi connectivity index (χ4n) is 4.83. The largest absolute Gasteiger partial charge is 0.573 e. The molecule has 252 valence electrons. The van der Waals surface area contributed by atoms with Gasteiger partial charge in [0, 0.05) is 10.6 Å². The second-order valence-corrected chi connectivity index (χ2v) is 11.5. The number of ether oxygens (including phenoxy) is 3. The molecule has 0 spiro atoms. The number of hydrogen-bond acceptors (Lipinski definition) is 5. The molecule has 5 rings (SSSR count). The van der Waals surface area contributed by atoms with Crippen LogP contribution in [0.25, 0.3) is 27.8 Å². The van der Waals surface area contributed by atoms with Crippen molar-refractivity contribution in [1.82, 2.24) is 0 Å². The smallest absolute Gasteiger partial charge is 0.482 e. The molecule has 0 aliphatic heterocycles. The number of carboxylic acid groups (broad SMARTS) is 1. The van der Waals surface area contributed by atoms with Crippen molar-refractivity contribution in [1.29, 1.82) is 0 Å². The summed E-state index contributed by atoms with van der Waals surface area (Å²) in [5, 5.41) is 8.81. The Balaban J connectivity index is 1.40. The first-order valence-corrected chi connectivity index (χ1v) is 15.5. The van der Waals surface area contributed by atoms with Crippen molar-refractivity contribution in [3.05, 3.63) is 139 Å². The van der Waals surface area contributed by atoms with Crippen molar-refractivity contribution in [2.45, 2.75) is 17.6 Å². The molecule has 0 amide bonds. The summed E-state index contributed by atoms with van der Waals surface area (Å²) in [6, 6.07) is 32.9. The van der Waals surface area contributed by atoms with Crippen molar-refractivity contribution in [3.63, 3.8) is 0 Å². The van der Waals surface area contributed by atoms with Gasteiger partial charge in [0.2, 0.25) is 0 Å². The second-order valence-electron chi connectivity index (χ2n) is 10.4. The monoisotopic (exact) mass is 696 g/mol. The fraction of sp³-hybridized carbons (Fsp3) is 0.108. The van der Waals surface area contributed by atoms with Gasteiger partial charge in [0.15, 0.2) is 6.61 Å². The third kappa shape index (κ3) is 10.6. The fourth-order valence-corrected chi connectivity index (χ4v) is 5.60. The molecule has 5 aromatic carbocycles. The lowest BCUT2D eigenvalue weighted by molar-refractivity contribution is -0.275. The van der Waals surface area contributed by atoms with E-state index in [0.717, 1.165) is 21.6 Å². The summed E-state index contributed by atoms with van der Waals surface area (Å²) in [5.74, 6) is -0.784. The number of thioether (sulfide) groups is 1. The van der Waals surface area contributed by atoms with Crippen LogP contribution in [0.2, 0.25) is 0 Å². The third-order valence-corrected chi connectivity index (χ3v) is 7.86. The maximum absolute atomic E-state index is 12.8. The Bertz CT molecular complexity index is 1800. The Morgan fingerprint density at radius 3 is 1.51 bits per heavy atom. The summed E-state index contributed by atoms with van der Waals surface area (Å²) in [6.07, 6.45) is -7.61. The minimum absolute atomic E-state index is 0.330. The molecule has 0 aliphatic carbocycles. The van der Waals surface area contributed by atoms with E-state index in [4.69, 9.17) is 9.84 Å². The lowest BCUT2D eigenvalue weighted by Gasteiger charge is -2.13. The van der Waals surface area contributed by atoms with Crippen LogP contribution in [0.3, 0.4) is 0 Å². The number of rotatable bonds is 12. The highest BCUT2D eigenvalue weighted by atomic mass is 32.2. The molecule has 0 atom stereocenters.